The molecule has 3 rings (SSSR count). The van der Waals surface area contributed by atoms with Crippen LogP contribution in [0.2, 0.25) is 5.02 Å². The van der Waals surface area contributed by atoms with Gasteiger partial charge in [0.15, 0.2) is 9.84 Å². The SMILES string of the molecule is NC1=NC(=S)NC(=O)C1C(CS(=O)(=O)Cc1ccc(Cl)cc1)c1ccccc1. The molecule has 1 aliphatic heterocycles. The van der Waals surface area contributed by atoms with E-state index in [4.69, 9.17) is 29.6 Å². The van der Waals surface area contributed by atoms with E-state index in [9.17, 15) is 13.2 Å². The van der Waals surface area contributed by atoms with Gasteiger partial charge in [0.2, 0.25) is 11.0 Å². The molecule has 2 aromatic carbocycles. The molecule has 0 bridgehead atoms. The van der Waals surface area contributed by atoms with E-state index < -0.39 is 27.6 Å². The lowest BCUT2D eigenvalue weighted by molar-refractivity contribution is -0.122. The number of benzene rings is 2. The standard InChI is InChI=1S/C19H18ClN3O3S2/c20-14-8-6-12(7-9-14)10-28(25,26)11-15(13-4-2-1-3-5-13)16-17(21)22-19(27)23-18(16)24/h1-9,15-16H,10-11H2,(H3,21,22,23,24,27). The summed E-state index contributed by atoms with van der Waals surface area (Å²) < 4.78 is 25.8. The quantitative estimate of drug-likeness (QED) is 0.678. The number of nitrogens with one attached hydrogen (secondary N) is 1. The van der Waals surface area contributed by atoms with Gasteiger partial charge in [-0.05, 0) is 35.5 Å². The molecule has 0 aromatic heterocycles. The van der Waals surface area contributed by atoms with Gasteiger partial charge in [-0.25, -0.2) is 13.4 Å². The Labute approximate surface area is 173 Å². The predicted octanol–water partition coefficient (Wildman–Crippen LogP) is 2.43. The summed E-state index contributed by atoms with van der Waals surface area (Å²) >= 11 is 10.8. The normalized spacial score (nSPS) is 18.3. The third-order valence-corrected chi connectivity index (χ3v) is 6.51. The van der Waals surface area contributed by atoms with Gasteiger partial charge >= 0.3 is 0 Å². The number of rotatable bonds is 6. The molecule has 0 radical (unpaired) electrons. The first-order valence-electron chi connectivity index (χ1n) is 8.44. The Morgan fingerprint density at radius 1 is 1.14 bits per heavy atom. The van der Waals surface area contributed by atoms with Crippen molar-refractivity contribution in [3.05, 3.63) is 70.7 Å². The number of nitrogens with two attached hydrogens (primary N) is 1. The summed E-state index contributed by atoms with van der Waals surface area (Å²) in [5.74, 6) is -2.48. The molecular formula is C19H18ClN3O3S2. The lowest BCUT2D eigenvalue weighted by Gasteiger charge is -2.28. The fourth-order valence-corrected chi connectivity index (χ4v) is 5.26. The van der Waals surface area contributed by atoms with Crippen LogP contribution in [0.5, 0.6) is 0 Å². The van der Waals surface area contributed by atoms with Gasteiger partial charge in [-0.15, -0.1) is 0 Å². The number of thiocarbonyl (C=S) groups is 1. The van der Waals surface area contributed by atoms with Crippen molar-refractivity contribution in [3.63, 3.8) is 0 Å². The molecule has 1 amide bonds. The number of nitrogens with zero attached hydrogens (tertiary/aromatic N) is 1. The summed E-state index contributed by atoms with van der Waals surface area (Å²) in [5, 5.41) is 2.98. The summed E-state index contributed by atoms with van der Waals surface area (Å²) in [7, 11) is -3.57. The highest BCUT2D eigenvalue weighted by Crippen LogP contribution is 2.29. The van der Waals surface area contributed by atoms with E-state index in [1.807, 2.05) is 6.07 Å². The van der Waals surface area contributed by atoms with E-state index in [1.54, 1.807) is 48.5 Å². The second-order valence-corrected chi connectivity index (χ2v) is 9.44. The highest BCUT2D eigenvalue weighted by atomic mass is 35.5. The number of amidine groups is 1. The molecule has 1 aliphatic rings. The van der Waals surface area contributed by atoms with Crippen molar-refractivity contribution in [1.29, 1.82) is 0 Å². The number of hydrogen-bond donors (Lipinski definition) is 2. The van der Waals surface area contributed by atoms with E-state index in [-0.39, 0.29) is 22.5 Å². The molecule has 1 heterocycles. The first kappa shape index (κ1) is 20.4. The van der Waals surface area contributed by atoms with Gasteiger partial charge in [0.05, 0.1) is 11.5 Å². The van der Waals surface area contributed by atoms with E-state index in [2.05, 4.69) is 10.3 Å². The van der Waals surface area contributed by atoms with Gasteiger partial charge in [-0.2, -0.15) is 0 Å². The first-order chi connectivity index (χ1) is 13.2. The zero-order valence-corrected chi connectivity index (χ0v) is 17.1. The Balaban J connectivity index is 1.93. The van der Waals surface area contributed by atoms with Crippen molar-refractivity contribution in [2.45, 2.75) is 11.7 Å². The van der Waals surface area contributed by atoms with Crippen LogP contribution < -0.4 is 11.1 Å². The summed E-state index contributed by atoms with van der Waals surface area (Å²) in [6.45, 7) is 0. The Bertz CT molecular complexity index is 1020. The largest absolute Gasteiger partial charge is 0.386 e. The first-order valence-corrected chi connectivity index (χ1v) is 11.0. The highest BCUT2D eigenvalue weighted by molar-refractivity contribution is 7.90. The molecule has 146 valence electrons. The fourth-order valence-electron chi connectivity index (χ4n) is 3.17. The molecule has 28 heavy (non-hydrogen) atoms. The highest BCUT2D eigenvalue weighted by Gasteiger charge is 2.38. The van der Waals surface area contributed by atoms with Gasteiger partial charge in [0.25, 0.3) is 0 Å². The molecule has 3 N–H and O–H groups in total. The van der Waals surface area contributed by atoms with Gasteiger partial charge in [0, 0.05) is 10.9 Å². The lowest BCUT2D eigenvalue weighted by atomic mass is 9.85. The zero-order valence-electron chi connectivity index (χ0n) is 14.7. The molecule has 9 heteroatoms. The van der Waals surface area contributed by atoms with Crippen LogP contribution in [0.4, 0.5) is 0 Å². The predicted molar refractivity (Wildman–Crippen MR) is 114 cm³/mol. The molecule has 0 fully saturated rings. The molecule has 2 aromatic rings. The number of sulfone groups is 1. The average molecular weight is 436 g/mol. The van der Waals surface area contributed by atoms with Crippen LogP contribution in [0.15, 0.2) is 59.6 Å². The monoisotopic (exact) mass is 435 g/mol. The Kier molecular flexibility index (Phi) is 6.12. The molecule has 2 atom stereocenters. The average Bonchev–Trinajstić information content (AvgIpc) is 2.62. The van der Waals surface area contributed by atoms with E-state index in [1.165, 1.54) is 0 Å². The van der Waals surface area contributed by atoms with E-state index in [0.29, 0.717) is 16.1 Å². The van der Waals surface area contributed by atoms with E-state index in [0.717, 1.165) is 0 Å². The minimum atomic E-state index is -3.57. The molecule has 0 spiro atoms. The maximum atomic E-state index is 12.9. The summed E-state index contributed by atoms with van der Waals surface area (Å²) in [4.78, 5) is 16.5. The van der Waals surface area contributed by atoms with Crippen molar-refractivity contribution in [2.75, 3.05) is 5.75 Å². The second-order valence-electron chi connectivity index (χ2n) is 6.51. The maximum absolute atomic E-state index is 12.9. The number of hydrogen-bond acceptors (Lipinski definition) is 5. The third kappa shape index (κ3) is 4.95. The van der Waals surface area contributed by atoms with Crippen molar-refractivity contribution in [1.82, 2.24) is 5.32 Å². The molecule has 0 saturated heterocycles. The van der Waals surface area contributed by atoms with Crippen LogP contribution in [0.3, 0.4) is 0 Å². The number of halogens is 1. The maximum Gasteiger partial charge on any atom is 0.237 e. The second kappa shape index (κ2) is 8.38. The zero-order chi connectivity index (χ0) is 20.3. The van der Waals surface area contributed by atoms with Crippen LogP contribution in [0, 0.1) is 5.92 Å². The van der Waals surface area contributed by atoms with E-state index >= 15 is 0 Å². The molecular weight excluding hydrogens is 418 g/mol. The van der Waals surface area contributed by atoms with Crippen molar-refractivity contribution >= 4 is 50.5 Å². The topological polar surface area (TPSA) is 102 Å². The number of carbonyl (C=O) groups is 1. The van der Waals surface area contributed by atoms with Gasteiger partial charge in [-0.3, -0.25) is 4.79 Å². The van der Waals surface area contributed by atoms with Gasteiger partial charge in [0.1, 0.15) is 11.8 Å². The van der Waals surface area contributed by atoms with Gasteiger partial charge in [-0.1, -0.05) is 54.1 Å². The smallest absolute Gasteiger partial charge is 0.237 e. The molecule has 6 nitrogen and oxygen atoms in total. The molecule has 0 saturated carbocycles. The Morgan fingerprint density at radius 2 is 1.79 bits per heavy atom. The molecule has 2 unspecified atom stereocenters. The summed E-state index contributed by atoms with van der Waals surface area (Å²) in [5.41, 5.74) is 7.28. The molecule has 0 aliphatic carbocycles. The van der Waals surface area contributed by atoms with Gasteiger partial charge < -0.3 is 11.1 Å². The van der Waals surface area contributed by atoms with Crippen LogP contribution in [0.1, 0.15) is 17.0 Å². The third-order valence-electron chi connectivity index (χ3n) is 4.43. The minimum Gasteiger partial charge on any atom is -0.386 e. The van der Waals surface area contributed by atoms with Crippen molar-refractivity contribution in [3.8, 4) is 0 Å². The number of aliphatic imine (C=N–C) groups is 1. The summed E-state index contributed by atoms with van der Waals surface area (Å²) in [6, 6.07) is 15.5. The fraction of sp³-hybridized carbons (Fsp3) is 0.211. The van der Waals surface area contributed by atoms with Crippen LogP contribution >= 0.6 is 23.8 Å². The van der Waals surface area contributed by atoms with Crippen LogP contribution in [-0.2, 0) is 20.4 Å². The minimum absolute atomic E-state index is 0.0179. The number of amides is 1. The van der Waals surface area contributed by atoms with Crippen molar-refractivity contribution in [2.24, 2.45) is 16.6 Å². The Hall–Kier alpha value is -2.29. The van der Waals surface area contributed by atoms with Crippen LogP contribution in [0.25, 0.3) is 0 Å². The number of carbonyl (C=O) groups excluding carboxylic acids is 1. The van der Waals surface area contributed by atoms with Crippen molar-refractivity contribution < 1.29 is 13.2 Å². The Morgan fingerprint density at radius 3 is 2.39 bits per heavy atom. The van der Waals surface area contributed by atoms with Crippen LogP contribution in [-0.4, -0.2) is 31.0 Å². The lowest BCUT2D eigenvalue weighted by Crippen LogP contribution is -2.49. The summed E-state index contributed by atoms with van der Waals surface area (Å²) in [6.07, 6.45) is 0.